The van der Waals surface area contributed by atoms with Crippen molar-refractivity contribution in [2.45, 2.75) is 31.6 Å². The number of likely N-dealkylation sites (tertiary alicyclic amines) is 1. The number of nitrogens with zero attached hydrogens (tertiary/aromatic N) is 2. The van der Waals surface area contributed by atoms with E-state index in [2.05, 4.69) is 4.98 Å². The van der Waals surface area contributed by atoms with Crippen LogP contribution in [0, 0.1) is 0 Å². The maximum atomic E-state index is 12.4. The predicted molar refractivity (Wildman–Crippen MR) is 76.2 cm³/mol. The van der Waals surface area contributed by atoms with Crippen LogP contribution >= 0.6 is 11.3 Å². The second-order valence-corrected chi connectivity index (χ2v) is 5.83. The van der Waals surface area contributed by atoms with Crippen molar-refractivity contribution in [3.05, 3.63) is 22.7 Å². The monoisotopic (exact) mass is 294 g/mol. The van der Waals surface area contributed by atoms with Gasteiger partial charge in [-0.3, -0.25) is 4.79 Å². The number of hydrogen-bond donors (Lipinski definition) is 0. The molecule has 0 spiro atoms. The smallest absolute Gasteiger partial charge is 0.247 e. The Hall–Kier alpha value is -1.24. The van der Waals surface area contributed by atoms with E-state index in [4.69, 9.17) is 9.47 Å². The molecule has 2 saturated heterocycles. The number of amides is 1. The van der Waals surface area contributed by atoms with E-state index in [1.54, 1.807) is 18.3 Å². The van der Waals surface area contributed by atoms with Crippen LogP contribution < -0.4 is 0 Å². The maximum Gasteiger partial charge on any atom is 0.247 e. The van der Waals surface area contributed by atoms with Crippen LogP contribution in [0.4, 0.5) is 0 Å². The average molecular weight is 294 g/mol. The summed E-state index contributed by atoms with van der Waals surface area (Å²) in [6, 6.07) is 0.0414. The van der Waals surface area contributed by atoms with E-state index in [1.165, 1.54) is 11.3 Å². The van der Waals surface area contributed by atoms with Crippen molar-refractivity contribution in [2.24, 2.45) is 0 Å². The van der Waals surface area contributed by atoms with Crippen molar-refractivity contribution in [2.75, 3.05) is 19.8 Å². The fourth-order valence-electron chi connectivity index (χ4n) is 2.67. The molecule has 108 valence electrons. The molecule has 0 aliphatic carbocycles. The summed E-state index contributed by atoms with van der Waals surface area (Å²) in [5.74, 6) is 0.0176. The van der Waals surface area contributed by atoms with Gasteiger partial charge in [0.1, 0.15) is 5.01 Å². The van der Waals surface area contributed by atoms with E-state index < -0.39 is 0 Å². The standard InChI is InChI=1S/C14H18N2O3S/c17-13(5-4-12-15-6-10-20-12)16-7-2-1-3-11(16)14-18-8-9-19-14/h4-6,10-11,14H,1-3,7-9H2/b5-4+. The molecule has 1 unspecified atom stereocenters. The molecular weight excluding hydrogens is 276 g/mol. The van der Waals surface area contributed by atoms with E-state index in [0.717, 1.165) is 30.8 Å². The Morgan fingerprint density at radius 1 is 1.40 bits per heavy atom. The predicted octanol–water partition coefficient (Wildman–Crippen LogP) is 1.91. The lowest BCUT2D eigenvalue weighted by atomic mass is 10.0. The molecular formula is C14H18N2O3S. The third-order valence-corrected chi connectivity index (χ3v) is 4.35. The third-order valence-electron chi connectivity index (χ3n) is 3.61. The molecule has 6 heteroatoms. The summed E-state index contributed by atoms with van der Waals surface area (Å²) < 4.78 is 11.1. The summed E-state index contributed by atoms with van der Waals surface area (Å²) in [6.45, 7) is 2.02. The molecule has 1 amide bonds. The van der Waals surface area contributed by atoms with Crippen LogP contribution in [0.1, 0.15) is 24.3 Å². The highest BCUT2D eigenvalue weighted by molar-refractivity contribution is 7.10. The molecule has 0 aromatic carbocycles. The molecule has 1 atom stereocenters. The van der Waals surface area contributed by atoms with Gasteiger partial charge in [0.05, 0.1) is 19.3 Å². The first-order valence-corrected chi connectivity index (χ1v) is 7.84. The molecule has 2 aliphatic rings. The van der Waals surface area contributed by atoms with Gasteiger partial charge in [0.25, 0.3) is 0 Å². The zero-order valence-electron chi connectivity index (χ0n) is 11.2. The van der Waals surface area contributed by atoms with E-state index in [0.29, 0.717) is 13.2 Å². The van der Waals surface area contributed by atoms with E-state index in [-0.39, 0.29) is 18.2 Å². The second kappa shape index (κ2) is 6.47. The summed E-state index contributed by atoms with van der Waals surface area (Å²) in [5, 5.41) is 2.74. The minimum Gasteiger partial charge on any atom is -0.348 e. The lowest BCUT2D eigenvalue weighted by Gasteiger charge is -2.37. The van der Waals surface area contributed by atoms with Crippen LogP contribution in [0.2, 0.25) is 0 Å². The minimum absolute atomic E-state index is 0.0176. The van der Waals surface area contributed by atoms with Gasteiger partial charge < -0.3 is 14.4 Å². The van der Waals surface area contributed by atoms with E-state index in [9.17, 15) is 4.79 Å². The molecule has 2 aliphatic heterocycles. The molecule has 20 heavy (non-hydrogen) atoms. The van der Waals surface area contributed by atoms with Crippen LogP contribution in [0.15, 0.2) is 17.7 Å². The van der Waals surface area contributed by atoms with Gasteiger partial charge in [0.2, 0.25) is 5.91 Å². The molecule has 3 heterocycles. The Morgan fingerprint density at radius 2 is 2.25 bits per heavy atom. The van der Waals surface area contributed by atoms with Crippen LogP contribution in [0.5, 0.6) is 0 Å². The van der Waals surface area contributed by atoms with Gasteiger partial charge >= 0.3 is 0 Å². The number of thiazole rings is 1. The van der Waals surface area contributed by atoms with E-state index >= 15 is 0 Å². The van der Waals surface area contributed by atoms with Gasteiger partial charge in [0, 0.05) is 24.2 Å². The van der Waals surface area contributed by atoms with E-state index in [1.807, 2.05) is 10.3 Å². The van der Waals surface area contributed by atoms with Crippen LogP contribution in [0.25, 0.3) is 6.08 Å². The van der Waals surface area contributed by atoms with Crippen molar-refractivity contribution >= 4 is 23.3 Å². The van der Waals surface area contributed by atoms with Gasteiger partial charge in [-0.2, -0.15) is 0 Å². The topological polar surface area (TPSA) is 51.7 Å². The maximum absolute atomic E-state index is 12.4. The van der Waals surface area contributed by atoms with Crippen molar-refractivity contribution in [1.82, 2.24) is 9.88 Å². The first-order valence-electron chi connectivity index (χ1n) is 6.96. The largest absolute Gasteiger partial charge is 0.348 e. The number of hydrogen-bond acceptors (Lipinski definition) is 5. The Morgan fingerprint density at radius 3 is 3.00 bits per heavy atom. The third kappa shape index (κ3) is 3.08. The Balaban J connectivity index is 1.67. The van der Waals surface area contributed by atoms with Crippen LogP contribution in [-0.4, -0.2) is 47.9 Å². The molecule has 0 N–H and O–H groups in total. The highest BCUT2D eigenvalue weighted by atomic mass is 32.1. The first kappa shape index (κ1) is 13.7. The number of carbonyl (C=O) groups is 1. The number of rotatable bonds is 3. The van der Waals surface area contributed by atoms with Crippen molar-refractivity contribution in [1.29, 1.82) is 0 Å². The molecule has 3 rings (SSSR count). The minimum atomic E-state index is -0.257. The number of carbonyl (C=O) groups excluding carboxylic acids is 1. The number of piperidine rings is 1. The highest BCUT2D eigenvalue weighted by Gasteiger charge is 2.35. The first-order chi connectivity index (χ1) is 9.84. The summed E-state index contributed by atoms with van der Waals surface area (Å²) >= 11 is 1.52. The zero-order chi connectivity index (χ0) is 13.8. The summed E-state index contributed by atoms with van der Waals surface area (Å²) in [7, 11) is 0. The molecule has 2 fully saturated rings. The number of aromatic nitrogens is 1. The lowest BCUT2D eigenvalue weighted by molar-refractivity contribution is -0.145. The van der Waals surface area contributed by atoms with Gasteiger partial charge in [-0.15, -0.1) is 11.3 Å². The molecule has 0 saturated carbocycles. The SMILES string of the molecule is O=C(/C=C/c1nccs1)N1CCCCC1C1OCCO1. The quantitative estimate of drug-likeness (QED) is 0.799. The molecule has 5 nitrogen and oxygen atoms in total. The van der Waals surface area contributed by atoms with Gasteiger partial charge in [-0.1, -0.05) is 0 Å². The Labute approximate surface area is 122 Å². The second-order valence-electron chi connectivity index (χ2n) is 4.91. The van der Waals surface area contributed by atoms with Gasteiger partial charge in [0.15, 0.2) is 6.29 Å². The van der Waals surface area contributed by atoms with Gasteiger partial charge in [-0.25, -0.2) is 4.98 Å². The fourth-order valence-corrected chi connectivity index (χ4v) is 3.20. The highest BCUT2D eigenvalue weighted by Crippen LogP contribution is 2.24. The van der Waals surface area contributed by atoms with Crippen LogP contribution in [0.3, 0.4) is 0 Å². The summed E-state index contributed by atoms with van der Waals surface area (Å²) in [4.78, 5) is 18.4. The van der Waals surface area contributed by atoms with Crippen molar-refractivity contribution in [3.63, 3.8) is 0 Å². The summed E-state index contributed by atoms with van der Waals surface area (Å²) in [5.41, 5.74) is 0. The normalized spacial score (nSPS) is 24.6. The average Bonchev–Trinajstić information content (AvgIpc) is 3.18. The molecule has 1 aromatic rings. The lowest BCUT2D eigenvalue weighted by Crippen LogP contribution is -2.49. The van der Waals surface area contributed by atoms with Gasteiger partial charge in [-0.05, 0) is 25.3 Å². The number of ether oxygens (including phenoxy) is 2. The Kier molecular flexibility index (Phi) is 4.44. The Bertz CT molecular complexity index is 469. The molecule has 0 bridgehead atoms. The zero-order valence-corrected chi connectivity index (χ0v) is 12.1. The molecule has 1 aromatic heterocycles. The molecule has 0 radical (unpaired) electrons. The van der Waals surface area contributed by atoms with Crippen molar-refractivity contribution < 1.29 is 14.3 Å². The van der Waals surface area contributed by atoms with Crippen molar-refractivity contribution in [3.8, 4) is 0 Å². The fraction of sp³-hybridized carbons (Fsp3) is 0.571. The van der Waals surface area contributed by atoms with Crippen LogP contribution in [-0.2, 0) is 14.3 Å². The summed E-state index contributed by atoms with van der Waals surface area (Å²) in [6.07, 6.45) is 7.96.